The molecule has 0 saturated heterocycles. The van der Waals surface area contributed by atoms with Gasteiger partial charge in [-0.1, -0.05) is 61.3 Å². The molecule has 37 heavy (non-hydrogen) atoms. The van der Waals surface area contributed by atoms with Gasteiger partial charge in [0.25, 0.3) is 0 Å². The van der Waals surface area contributed by atoms with E-state index in [-0.39, 0.29) is 6.61 Å². The van der Waals surface area contributed by atoms with Crippen molar-refractivity contribution in [3.8, 4) is 29.4 Å². The summed E-state index contributed by atoms with van der Waals surface area (Å²) in [5.74, 6) is 14.0. The SMILES string of the molecule is CCCCn1c2cc(C#Cc3ccc(CO)cc3)ccc2c2ccc(C#Cc3ccc(OC)cc3)cc21. The molecule has 0 unspecified atom stereocenters. The molecule has 3 heteroatoms. The number of aliphatic hydroxyl groups excluding tert-OH is 1. The number of aromatic nitrogens is 1. The molecule has 1 aromatic heterocycles. The number of benzene rings is 4. The Morgan fingerprint density at radius 2 is 1.16 bits per heavy atom. The summed E-state index contributed by atoms with van der Waals surface area (Å²) in [7, 11) is 1.67. The zero-order valence-electron chi connectivity index (χ0n) is 21.2. The lowest BCUT2D eigenvalue weighted by Crippen LogP contribution is -1.97. The molecule has 182 valence electrons. The number of nitrogens with zero attached hydrogens (tertiary/aromatic N) is 1. The van der Waals surface area contributed by atoms with Crippen molar-refractivity contribution in [3.05, 3.63) is 113 Å². The van der Waals surface area contributed by atoms with Gasteiger partial charge in [0.1, 0.15) is 5.75 Å². The Morgan fingerprint density at radius 1 is 0.676 bits per heavy atom. The van der Waals surface area contributed by atoms with Gasteiger partial charge in [-0.05, 0) is 72.6 Å². The van der Waals surface area contributed by atoms with Gasteiger partial charge in [-0.25, -0.2) is 0 Å². The van der Waals surface area contributed by atoms with Gasteiger partial charge in [-0.3, -0.25) is 0 Å². The summed E-state index contributed by atoms with van der Waals surface area (Å²) < 4.78 is 7.65. The summed E-state index contributed by atoms with van der Waals surface area (Å²) in [5.41, 5.74) is 7.17. The van der Waals surface area contributed by atoms with E-state index in [1.54, 1.807) is 7.11 Å². The molecule has 0 radical (unpaired) electrons. The van der Waals surface area contributed by atoms with Crippen molar-refractivity contribution >= 4 is 21.8 Å². The molecule has 0 spiro atoms. The minimum atomic E-state index is 0.0431. The van der Waals surface area contributed by atoms with E-state index in [0.29, 0.717) is 0 Å². The fourth-order valence-corrected chi connectivity index (χ4v) is 4.46. The number of hydrogen-bond donors (Lipinski definition) is 1. The Balaban J connectivity index is 1.53. The van der Waals surface area contributed by atoms with Crippen LogP contribution in [0.2, 0.25) is 0 Å². The number of fused-ring (bicyclic) bond motifs is 3. The monoisotopic (exact) mass is 483 g/mol. The third kappa shape index (κ3) is 5.39. The summed E-state index contributed by atoms with van der Waals surface area (Å²) in [6.45, 7) is 3.21. The molecule has 5 rings (SSSR count). The largest absolute Gasteiger partial charge is 0.497 e. The zero-order valence-corrected chi connectivity index (χ0v) is 21.2. The molecule has 0 bridgehead atoms. The first kappa shape index (κ1) is 24.3. The number of hydrogen-bond acceptors (Lipinski definition) is 2. The van der Waals surface area contributed by atoms with Crippen molar-refractivity contribution in [2.45, 2.75) is 32.9 Å². The molecule has 1 heterocycles. The second-order valence-corrected chi connectivity index (χ2v) is 9.05. The van der Waals surface area contributed by atoms with Crippen molar-refractivity contribution < 1.29 is 9.84 Å². The number of unbranched alkanes of at least 4 members (excludes halogenated alkanes) is 1. The summed E-state index contributed by atoms with van der Waals surface area (Å²) in [6.07, 6.45) is 2.23. The predicted octanol–water partition coefficient (Wildman–Crippen LogP) is 6.90. The minimum Gasteiger partial charge on any atom is -0.497 e. The van der Waals surface area contributed by atoms with E-state index in [1.165, 1.54) is 21.8 Å². The molecule has 0 atom stereocenters. The molecule has 0 aliphatic heterocycles. The van der Waals surface area contributed by atoms with Gasteiger partial charge in [-0.15, -0.1) is 0 Å². The molecule has 0 fully saturated rings. The Kier molecular flexibility index (Phi) is 7.27. The Hall–Kier alpha value is -4.44. The van der Waals surface area contributed by atoms with Crippen LogP contribution in [0.1, 0.15) is 47.6 Å². The zero-order chi connectivity index (χ0) is 25.6. The highest BCUT2D eigenvalue weighted by atomic mass is 16.5. The van der Waals surface area contributed by atoms with E-state index in [1.807, 2.05) is 48.5 Å². The van der Waals surface area contributed by atoms with Crippen LogP contribution in [0, 0.1) is 23.7 Å². The number of aliphatic hydroxyl groups is 1. The van der Waals surface area contributed by atoms with Crippen LogP contribution in [0.25, 0.3) is 21.8 Å². The topological polar surface area (TPSA) is 34.4 Å². The highest BCUT2D eigenvalue weighted by Gasteiger charge is 2.11. The number of aryl methyl sites for hydroxylation is 1. The summed E-state index contributed by atoms with van der Waals surface area (Å²) in [6, 6.07) is 28.5. The predicted molar refractivity (Wildman–Crippen MR) is 152 cm³/mol. The van der Waals surface area contributed by atoms with Crippen molar-refractivity contribution in [2.24, 2.45) is 0 Å². The van der Waals surface area contributed by atoms with Gasteiger partial charge in [0.2, 0.25) is 0 Å². The van der Waals surface area contributed by atoms with Crippen molar-refractivity contribution in [1.29, 1.82) is 0 Å². The highest BCUT2D eigenvalue weighted by molar-refractivity contribution is 6.08. The van der Waals surface area contributed by atoms with Crippen LogP contribution in [0.5, 0.6) is 5.75 Å². The molecule has 0 aliphatic rings. The average Bonchev–Trinajstić information content (AvgIpc) is 3.26. The first-order chi connectivity index (χ1) is 18.2. The van der Waals surface area contributed by atoms with E-state index in [0.717, 1.165) is 53.0 Å². The van der Waals surface area contributed by atoms with Gasteiger partial charge >= 0.3 is 0 Å². The smallest absolute Gasteiger partial charge is 0.118 e. The van der Waals surface area contributed by atoms with Crippen LogP contribution in [-0.4, -0.2) is 16.8 Å². The second kappa shape index (κ2) is 11.1. The molecule has 0 saturated carbocycles. The third-order valence-corrected chi connectivity index (χ3v) is 6.53. The van der Waals surface area contributed by atoms with E-state index in [9.17, 15) is 5.11 Å². The molecule has 0 aliphatic carbocycles. The number of rotatable bonds is 5. The van der Waals surface area contributed by atoms with Gasteiger partial charge < -0.3 is 14.4 Å². The molecule has 4 aromatic carbocycles. The summed E-state index contributed by atoms with van der Waals surface area (Å²) >= 11 is 0. The van der Waals surface area contributed by atoms with Crippen molar-refractivity contribution in [1.82, 2.24) is 4.57 Å². The third-order valence-electron chi connectivity index (χ3n) is 6.53. The standard InChI is InChI=1S/C34H29NO2/c1-3-4-21-35-33-22-27(9-5-25-7-11-29(24-36)12-8-25)15-19-31(33)32-20-16-28(23-34(32)35)10-6-26-13-17-30(37-2)18-14-26/h7-8,11-20,22-23,36H,3-4,21,24H2,1-2H3. The van der Waals surface area contributed by atoms with Crippen LogP contribution < -0.4 is 4.74 Å². The normalized spacial score (nSPS) is 10.6. The van der Waals surface area contributed by atoms with Gasteiger partial charge in [0.05, 0.1) is 24.8 Å². The van der Waals surface area contributed by atoms with E-state index >= 15 is 0 Å². The van der Waals surface area contributed by atoms with Crippen molar-refractivity contribution in [2.75, 3.05) is 7.11 Å². The Morgan fingerprint density at radius 3 is 1.65 bits per heavy atom. The second-order valence-electron chi connectivity index (χ2n) is 9.05. The molecule has 1 N–H and O–H groups in total. The maximum absolute atomic E-state index is 9.25. The maximum atomic E-state index is 9.25. The molecule has 5 aromatic rings. The first-order valence-electron chi connectivity index (χ1n) is 12.6. The lowest BCUT2D eigenvalue weighted by Gasteiger charge is -2.07. The molecular formula is C34H29NO2. The fraction of sp³-hybridized carbons (Fsp3) is 0.176. The van der Waals surface area contributed by atoms with Crippen LogP contribution in [0.15, 0.2) is 84.9 Å². The van der Waals surface area contributed by atoms with Gasteiger partial charge in [0.15, 0.2) is 0 Å². The molecule has 0 amide bonds. The van der Waals surface area contributed by atoms with E-state index < -0.39 is 0 Å². The Labute approximate surface area is 218 Å². The lowest BCUT2D eigenvalue weighted by molar-refractivity contribution is 0.282. The first-order valence-corrected chi connectivity index (χ1v) is 12.6. The van der Waals surface area contributed by atoms with E-state index in [4.69, 9.17) is 4.74 Å². The van der Waals surface area contributed by atoms with Crippen molar-refractivity contribution in [3.63, 3.8) is 0 Å². The summed E-state index contributed by atoms with van der Waals surface area (Å²) in [5, 5.41) is 11.7. The van der Waals surface area contributed by atoms with Crippen LogP contribution in [0.3, 0.4) is 0 Å². The maximum Gasteiger partial charge on any atom is 0.118 e. The van der Waals surface area contributed by atoms with Crippen LogP contribution in [0.4, 0.5) is 0 Å². The molecule has 3 nitrogen and oxygen atoms in total. The quantitative estimate of drug-likeness (QED) is 0.276. The fourth-order valence-electron chi connectivity index (χ4n) is 4.46. The minimum absolute atomic E-state index is 0.0431. The lowest BCUT2D eigenvalue weighted by atomic mass is 10.1. The van der Waals surface area contributed by atoms with Crippen LogP contribution >= 0.6 is 0 Å². The molecular weight excluding hydrogens is 454 g/mol. The summed E-state index contributed by atoms with van der Waals surface area (Å²) in [4.78, 5) is 0. The van der Waals surface area contributed by atoms with Crippen LogP contribution in [-0.2, 0) is 13.2 Å². The number of methoxy groups -OCH3 is 1. The highest BCUT2D eigenvalue weighted by Crippen LogP contribution is 2.31. The average molecular weight is 484 g/mol. The van der Waals surface area contributed by atoms with Gasteiger partial charge in [-0.2, -0.15) is 0 Å². The number of ether oxygens (including phenoxy) is 1. The Bertz CT molecular complexity index is 1550. The van der Waals surface area contributed by atoms with Gasteiger partial charge in [0, 0.05) is 39.6 Å². The van der Waals surface area contributed by atoms with E-state index in [2.05, 4.69) is 71.6 Å².